The summed E-state index contributed by atoms with van der Waals surface area (Å²) in [6.45, 7) is 16.9. The zero-order chi connectivity index (χ0) is 34.3. The van der Waals surface area contributed by atoms with Gasteiger partial charge in [0.05, 0.1) is 5.69 Å². The van der Waals surface area contributed by atoms with Crippen LogP contribution in [0.15, 0.2) is 0 Å². The van der Waals surface area contributed by atoms with Crippen LogP contribution in [0, 0.1) is 0 Å². The smallest absolute Gasteiger partial charge is 0.417 e. The summed E-state index contributed by atoms with van der Waals surface area (Å²) in [7, 11) is 0. The molecule has 1 fully saturated rings. The molecule has 13 nitrogen and oxygen atoms in total. The van der Waals surface area contributed by atoms with Crippen LogP contribution < -0.4 is 17.2 Å². The maximum atomic E-state index is 12.1. The molecule has 6 N–H and O–H groups in total. The number of amides is 4. The third kappa shape index (κ3) is 17.1. The summed E-state index contributed by atoms with van der Waals surface area (Å²) in [6, 6.07) is 0. The van der Waals surface area contributed by atoms with Crippen LogP contribution in [0.5, 0.6) is 0 Å². The Kier molecular flexibility index (Phi) is 20.0. The first kappa shape index (κ1) is 43.0. The lowest BCUT2D eigenvalue weighted by molar-refractivity contribution is -0.137. The Hall–Kier alpha value is -2.12. The number of ketones is 1. The highest BCUT2D eigenvalue weighted by molar-refractivity contribution is 14.1. The maximum Gasteiger partial charge on any atom is 0.417 e. The molecule has 2 aliphatic rings. The molecule has 0 radical (unpaired) electrons. The highest BCUT2D eigenvalue weighted by Crippen LogP contribution is 2.27. The SMILES string of the molecule is CC.CC(C)(C)OC(=O)N1CCC(=O)C(Br)C1=O.CC(C)(C)OC(=O)N1CCc2nc(N)sc2C1=O.CCI.NC(N)=S. The molecule has 0 aliphatic carbocycles. The maximum absolute atomic E-state index is 12.1. The fourth-order valence-electron chi connectivity index (χ4n) is 2.87. The van der Waals surface area contributed by atoms with Gasteiger partial charge in [0.2, 0.25) is 0 Å². The standard InChI is InChI=1S/C11H15N3O3S.C10H14BrNO4.C2H5I.C2H6.CH4N2S/c1-11(2,3)17-10(16)14-5-4-6-7(8(14)15)18-9(12)13-6;1-10(2,3)16-9(15)12-5-4-6(13)7(11)8(12)14;1-2-3;1-2;2-1(3)4/h4-5H2,1-3H3,(H2,12,13);7H,4-5H2,1-3H3;2H2,1H3;1-2H3;(H4,2,3,4). The summed E-state index contributed by atoms with van der Waals surface area (Å²) < 4.78 is 11.5. The second kappa shape index (κ2) is 20.0. The van der Waals surface area contributed by atoms with Gasteiger partial charge in [0.1, 0.15) is 16.1 Å². The minimum atomic E-state index is -0.922. The number of ether oxygens (including phenoxy) is 2. The number of likely N-dealkylation sites (tertiary alicyclic amines) is 1. The van der Waals surface area contributed by atoms with Crippen molar-refractivity contribution >= 4 is 102 Å². The van der Waals surface area contributed by atoms with E-state index in [1.807, 2.05) is 13.8 Å². The van der Waals surface area contributed by atoms with Crippen molar-refractivity contribution in [2.75, 3.05) is 23.3 Å². The van der Waals surface area contributed by atoms with Gasteiger partial charge in [0.25, 0.3) is 11.8 Å². The molecule has 2 aliphatic heterocycles. The lowest BCUT2D eigenvalue weighted by Gasteiger charge is -2.29. The Morgan fingerprint density at radius 1 is 1.00 bits per heavy atom. The van der Waals surface area contributed by atoms with Crippen LogP contribution in [0.3, 0.4) is 0 Å². The highest BCUT2D eigenvalue weighted by atomic mass is 127. The number of rotatable bonds is 0. The molecule has 0 spiro atoms. The van der Waals surface area contributed by atoms with Crippen molar-refractivity contribution < 1.29 is 33.4 Å². The van der Waals surface area contributed by atoms with E-state index in [-0.39, 0.29) is 36.3 Å². The molecule has 0 saturated carbocycles. The molecule has 17 heteroatoms. The van der Waals surface area contributed by atoms with Crippen molar-refractivity contribution in [3.8, 4) is 0 Å². The van der Waals surface area contributed by atoms with E-state index in [0.29, 0.717) is 22.1 Å². The number of Topliss-reactive ketones (excluding diaryl/α,β-unsaturated/α-hetero) is 1. The largest absolute Gasteiger partial charge is 0.443 e. The van der Waals surface area contributed by atoms with E-state index in [1.165, 1.54) is 4.43 Å². The van der Waals surface area contributed by atoms with E-state index >= 15 is 0 Å². The fourth-order valence-corrected chi connectivity index (χ4v) is 4.18. The number of hydrogen-bond donors (Lipinski definition) is 3. The van der Waals surface area contributed by atoms with Crippen molar-refractivity contribution in [2.24, 2.45) is 11.5 Å². The Balaban J connectivity index is 0. The molecule has 1 unspecified atom stereocenters. The molecule has 43 heavy (non-hydrogen) atoms. The Morgan fingerprint density at radius 2 is 1.40 bits per heavy atom. The number of fused-ring (bicyclic) bond motifs is 1. The van der Waals surface area contributed by atoms with Crippen LogP contribution >= 0.6 is 62.1 Å². The summed E-state index contributed by atoms with van der Waals surface area (Å²) in [6.07, 6.45) is -0.630. The minimum Gasteiger partial charge on any atom is -0.443 e. The normalized spacial score (nSPS) is 15.9. The third-order valence-electron chi connectivity index (χ3n) is 4.30. The van der Waals surface area contributed by atoms with Gasteiger partial charge in [0.15, 0.2) is 20.9 Å². The molecule has 3 heterocycles. The van der Waals surface area contributed by atoms with Gasteiger partial charge in [0, 0.05) is 25.9 Å². The van der Waals surface area contributed by atoms with Gasteiger partial charge < -0.3 is 26.7 Å². The van der Waals surface area contributed by atoms with E-state index < -0.39 is 34.1 Å². The zero-order valence-electron chi connectivity index (χ0n) is 26.1. The summed E-state index contributed by atoms with van der Waals surface area (Å²) in [5.74, 6) is -1.13. The number of anilines is 1. The molecule has 4 amide bonds. The molecule has 0 bridgehead atoms. The van der Waals surface area contributed by atoms with Crippen molar-refractivity contribution in [3.05, 3.63) is 10.6 Å². The molecule has 1 atom stereocenters. The van der Waals surface area contributed by atoms with Crippen LogP contribution in [0.25, 0.3) is 0 Å². The van der Waals surface area contributed by atoms with Gasteiger partial charge in [-0.2, -0.15) is 0 Å². The Bertz CT molecular complexity index is 1120. The number of carbonyl (C=O) groups excluding carboxylic acids is 5. The van der Waals surface area contributed by atoms with E-state index in [0.717, 1.165) is 21.1 Å². The molecule has 1 aromatic rings. The number of aromatic nitrogens is 1. The van der Waals surface area contributed by atoms with E-state index in [9.17, 15) is 24.0 Å². The molecule has 3 rings (SSSR count). The molecule has 1 aromatic heterocycles. The quantitative estimate of drug-likeness (QED) is 0.140. The topological polar surface area (TPSA) is 201 Å². The van der Waals surface area contributed by atoms with Crippen LogP contribution in [0.2, 0.25) is 0 Å². The molecular formula is C26H44BrIN6O7S2. The van der Waals surface area contributed by atoms with Crippen LogP contribution in [-0.4, -0.2) is 83.2 Å². The van der Waals surface area contributed by atoms with Gasteiger partial charge in [-0.15, -0.1) is 0 Å². The molecule has 0 aromatic carbocycles. The number of thiocarbonyl (C=S) groups is 1. The number of nitrogens with zero attached hydrogens (tertiary/aromatic N) is 3. The van der Waals surface area contributed by atoms with Crippen molar-refractivity contribution in [1.29, 1.82) is 0 Å². The van der Waals surface area contributed by atoms with Crippen LogP contribution in [0.4, 0.5) is 14.7 Å². The van der Waals surface area contributed by atoms with Gasteiger partial charge in [-0.25, -0.2) is 24.4 Å². The van der Waals surface area contributed by atoms with Crippen LogP contribution in [0.1, 0.15) is 84.1 Å². The van der Waals surface area contributed by atoms with Gasteiger partial charge >= 0.3 is 12.2 Å². The highest BCUT2D eigenvalue weighted by Gasteiger charge is 2.38. The third-order valence-corrected chi connectivity index (χ3v) is 6.12. The number of imide groups is 2. The average molecular weight is 824 g/mol. The molecular weight excluding hydrogens is 779 g/mol. The number of nitrogen functional groups attached to an aromatic ring is 1. The number of halogens is 2. The zero-order valence-corrected chi connectivity index (χ0v) is 31.5. The summed E-state index contributed by atoms with van der Waals surface area (Å²) in [4.78, 5) is 64.1. The summed E-state index contributed by atoms with van der Waals surface area (Å²) in [5.41, 5.74) is 14.2. The summed E-state index contributed by atoms with van der Waals surface area (Å²) in [5, 5.41) is 0.347. The van der Waals surface area contributed by atoms with E-state index in [4.69, 9.17) is 15.2 Å². The first-order chi connectivity index (χ1) is 19.6. The number of alkyl halides is 2. The average Bonchev–Trinajstić information content (AvgIpc) is 3.24. The predicted molar refractivity (Wildman–Crippen MR) is 185 cm³/mol. The first-order valence-electron chi connectivity index (χ1n) is 13.3. The number of carbonyl (C=O) groups is 5. The van der Waals surface area contributed by atoms with E-state index in [1.54, 1.807) is 41.5 Å². The summed E-state index contributed by atoms with van der Waals surface area (Å²) >= 11 is 10.4. The van der Waals surface area contributed by atoms with Gasteiger partial charge in [-0.3, -0.25) is 14.4 Å². The second-order valence-corrected chi connectivity index (χ2v) is 14.2. The van der Waals surface area contributed by atoms with Gasteiger partial charge in [-0.05, 0) is 58.2 Å². The Labute approximate surface area is 285 Å². The lowest BCUT2D eigenvalue weighted by Crippen LogP contribution is -2.50. The van der Waals surface area contributed by atoms with Gasteiger partial charge in [-0.1, -0.05) is 70.6 Å². The van der Waals surface area contributed by atoms with Crippen molar-refractivity contribution in [2.45, 2.75) is 91.2 Å². The van der Waals surface area contributed by atoms with Crippen molar-refractivity contribution in [3.63, 3.8) is 0 Å². The van der Waals surface area contributed by atoms with Crippen LogP contribution in [-0.2, 0) is 25.5 Å². The Morgan fingerprint density at radius 3 is 1.81 bits per heavy atom. The fraction of sp³-hybridized carbons (Fsp3) is 0.654. The number of thiazole rings is 1. The number of hydrogen-bond acceptors (Lipinski definition) is 11. The first-order valence-corrected chi connectivity index (χ1v) is 16.9. The molecule has 1 saturated heterocycles. The van der Waals surface area contributed by atoms with Crippen molar-refractivity contribution in [1.82, 2.24) is 14.8 Å². The minimum absolute atomic E-state index is 0.000000000000000222. The number of piperidine rings is 1. The predicted octanol–water partition coefficient (Wildman–Crippen LogP) is 4.80. The molecule has 246 valence electrons. The monoisotopic (exact) mass is 822 g/mol. The lowest BCUT2D eigenvalue weighted by atomic mass is 10.1. The van der Waals surface area contributed by atoms with E-state index in [2.05, 4.69) is 74.1 Å². The second-order valence-electron chi connectivity index (χ2n) is 10.2. The number of nitrogens with two attached hydrogens (primary N) is 3.